The number of nitrogens with zero attached hydrogens (tertiary/aromatic N) is 2. The van der Waals surface area contributed by atoms with Gasteiger partial charge < -0.3 is 20.3 Å². The summed E-state index contributed by atoms with van der Waals surface area (Å²) in [5.74, 6) is 1.70. The summed E-state index contributed by atoms with van der Waals surface area (Å²) in [6.45, 7) is 0.174. The van der Waals surface area contributed by atoms with Crippen LogP contribution in [0, 0.1) is 0 Å². The lowest BCUT2D eigenvalue weighted by molar-refractivity contribution is -0.0981. The fraction of sp³-hybridized carbons (Fsp3) is 0.333. The summed E-state index contributed by atoms with van der Waals surface area (Å²) < 4.78 is 5.20. The normalized spacial score (nSPS) is 13.4. The Labute approximate surface area is 142 Å². The van der Waals surface area contributed by atoms with Crippen LogP contribution < -0.4 is 5.32 Å². The molecule has 1 aromatic heterocycles. The Morgan fingerprint density at radius 1 is 1.35 bits per heavy atom. The second kappa shape index (κ2) is 7.46. The van der Waals surface area contributed by atoms with Crippen molar-refractivity contribution in [2.45, 2.75) is 24.2 Å². The zero-order chi connectivity index (χ0) is 16.2. The van der Waals surface area contributed by atoms with Crippen molar-refractivity contribution < 1.29 is 14.9 Å². The molecule has 0 aliphatic carbocycles. The van der Waals surface area contributed by atoms with Gasteiger partial charge in [0.25, 0.3) is 0 Å². The van der Waals surface area contributed by atoms with Crippen LogP contribution in [0.25, 0.3) is 0 Å². The summed E-state index contributed by atoms with van der Waals surface area (Å²) in [4.78, 5) is 9.58. The first kappa shape index (κ1) is 16.5. The van der Waals surface area contributed by atoms with E-state index in [1.165, 1.54) is 0 Å². The lowest BCUT2D eigenvalue weighted by Crippen LogP contribution is -2.13. The van der Waals surface area contributed by atoms with Crippen LogP contribution in [0.5, 0.6) is 0 Å². The summed E-state index contributed by atoms with van der Waals surface area (Å²) in [5, 5.41) is 21.1. The number of anilines is 2. The maximum absolute atomic E-state index is 8.78. The van der Waals surface area contributed by atoms with E-state index in [2.05, 4.69) is 15.3 Å². The van der Waals surface area contributed by atoms with Crippen molar-refractivity contribution in [2.24, 2.45) is 0 Å². The molecule has 1 aliphatic heterocycles. The number of benzene rings is 1. The van der Waals surface area contributed by atoms with Gasteiger partial charge in [-0.3, -0.25) is 0 Å². The summed E-state index contributed by atoms with van der Waals surface area (Å²) >= 11 is 7.70. The molecule has 0 bridgehead atoms. The summed E-state index contributed by atoms with van der Waals surface area (Å²) in [7, 11) is 0. The first-order valence-corrected chi connectivity index (χ1v) is 8.47. The predicted molar refractivity (Wildman–Crippen MR) is 89.1 cm³/mol. The Balaban J connectivity index is 1.74. The SMILES string of the molecule is OC(O)COCc1cccc(Nc2nc(Cl)nc3c2SCC3)c1. The topological polar surface area (TPSA) is 87.5 Å². The highest BCUT2D eigenvalue weighted by Crippen LogP contribution is 2.37. The van der Waals surface area contributed by atoms with E-state index in [4.69, 9.17) is 26.6 Å². The van der Waals surface area contributed by atoms with Gasteiger partial charge in [0, 0.05) is 17.9 Å². The summed E-state index contributed by atoms with van der Waals surface area (Å²) in [5.41, 5.74) is 2.76. The van der Waals surface area contributed by atoms with Gasteiger partial charge >= 0.3 is 0 Å². The molecule has 122 valence electrons. The van der Waals surface area contributed by atoms with Crippen molar-refractivity contribution in [3.63, 3.8) is 0 Å². The highest BCUT2D eigenvalue weighted by Gasteiger charge is 2.19. The van der Waals surface area contributed by atoms with Crippen molar-refractivity contribution in [2.75, 3.05) is 17.7 Å². The third-order valence-electron chi connectivity index (χ3n) is 3.22. The van der Waals surface area contributed by atoms with Gasteiger partial charge in [0.05, 0.1) is 23.8 Å². The number of thioether (sulfide) groups is 1. The molecule has 0 unspecified atom stereocenters. The first-order valence-electron chi connectivity index (χ1n) is 7.11. The van der Waals surface area contributed by atoms with Crippen molar-refractivity contribution in [1.82, 2.24) is 9.97 Å². The van der Waals surface area contributed by atoms with E-state index in [0.29, 0.717) is 12.4 Å². The molecule has 3 rings (SSSR count). The Kier molecular flexibility index (Phi) is 5.34. The molecule has 0 saturated heterocycles. The van der Waals surface area contributed by atoms with Gasteiger partial charge in [0.1, 0.15) is 5.82 Å². The molecule has 1 aromatic carbocycles. The molecule has 0 amide bonds. The van der Waals surface area contributed by atoms with Crippen molar-refractivity contribution in [3.8, 4) is 0 Å². The van der Waals surface area contributed by atoms with Gasteiger partial charge in [-0.25, -0.2) is 4.98 Å². The standard InChI is InChI=1S/C15H16ClN3O3S/c16-15-18-11-4-5-23-13(11)14(19-15)17-10-3-1-2-9(6-10)7-22-8-12(20)21/h1-3,6,12,20-21H,4-5,7-8H2,(H,17,18,19). The number of aromatic nitrogens is 2. The molecule has 2 aromatic rings. The van der Waals surface area contributed by atoms with E-state index < -0.39 is 6.29 Å². The Hall–Kier alpha value is -1.38. The van der Waals surface area contributed by atoms with Crippen LogP contribution in [0.1, 0.15) is 11.3 Å². The lowest BCUT2D eigenvalue weighted by Gasteiger charge is -2.11. The maximum atomic E-state index is 8.78. The van der Waals surface area contributed by atoms with Crippen molar-refractivity contribution in [3.05, 3.63) is 40.8 Å². The Bertz CT molecular complexity index is 700. The van der Waals surface area contributed by atoms with Gasteiger partial charge in [-0.15, -0.1) is 11.8 Å². The largest absolute Gasteiger partial charge is 0.372 e. The monoisotopic (exact) mass is 353 g/mol. The highest BCUT2D eigenvalue weighted by molar-refractivity contribution is 7.99. The molecular weight excluding hydrogens is 338 g/mol. The third kappa shape index (κ3) is 4.33. The van der Waals surface area contributed by atoms with E-state index in [9.17, 15) is 0 Å². The van der Waals surface area contributed by atoms with Crippen LogP contribution in [0.3, 0.4) is 0 Å². The predicted octanol–water partition coefficient (Wildman–Crippen LogP) is 2.35. The number of aryl methyl sites for hydroxylation is 1. The fourth-order valence-electron chi connectivity index (χ4n) is 2.28. The second-order valence-electron chi connectivity index (χ2n) is 5.04. The number of aliphatic hydroxyl groups excluding tert-OH is 1. The highest BCUT2D eigenvalue weighted by atomic mass is 35.5. The van der Waals surface area contributed by atoms with Crippen molar-refractivity contribution >= 4 is 34.9 Å². The van der Waals surface area contributed by atoms with Gasteiger partial charge in [0.15, 0.2) is 6.29 Å². The van der Waals surface area contributed by atoms with Crippen LogP contribution in [0.2, 0.25) is 5.28 Å². The average molecular weight is 354 g/mol. The summed E-state index contributed by atoms with van der Waals surface area (Å²) in [6, 6.07) is 7.64. The number of rotatable bonds is 6. The van der Waals surface area contributed by atoms with E-state index in [1.807, 2.05) is 24.3 Å². The minimum Gasteiger partial charge on any atom is -0.372 e. The maximum Gasteiger partial charge on any atom is 0.224 e. The number of halogens is 1. The smallest absolute Gasteiger partial charge is 0.224 e. The van der Waals surface area contributed by atoms with Gasteiger partial charge in [-0.05, 0) is 29.3 Å². The van der Waals surface area contributed by atoms with Crippen LogP contribution in [0.15, 0.2) is 29.2 Å². The first-order chi connectivity index (χ1) is 11.1. The second-order valence-corrected chi connectivity index (χ2v) is 6.48. The lowest BCUT2D eigenvalue weighted by atomic mass is 10.2. The third-order valence-corrected chi connectivity index (χ3v) is 4.51. The molecule has 6 nitrogen and oxygen atoms in total. The molecule has 3 N–H and O–H groups in total. The Morgan fingerprint density at radius 2 is 2.22 bits per heavy atom. The molecule has 0 atom stereocenters. The molecule has 0 spiro atoms. The minimum atomic E-state index is -1.46. The van der Waals surface area contributed by atoms with Crippen molar-refractivity contribution in [1.29, 1.82) is 0 Å². The quantitative estimate of drug-likeness (QED) is 0.542. The van der Waals surface area contributed by atoms with E-state index in [0.717, 1.165) is 34.0 Å². The number of hydrogen-bond acceptors (Lipinski definition) is 7. The molecule has 23 heavy (non-hydrogen) atoms. The van der Waals surface area contributed by atoms with Gasteiger partial charge in [-0.2, -0.15) is 4.98 Å². The number of hydrogen-bond donors (Lipinski definition) is 3. The molecule has 0 saturated carbocycles. The zero-order valence-corrected chi connectivity index (χ0v) is 13.8. The molecule has 1 aliphatic rings. The molecular formula is C15H16ClN3O3S. The zero-order valence-electron chi connectivity index (χ0n) is 12.2. The molecule has 8 heteroatoms. The van der Waals surface area contributed by atoms with Gasteiger partial charge in [-0.1, -0.05) is 12.1 Å². The number of aliphatic hydroxyl groups is 2. The molecule has 0 fully saturated rings. The average Bonchev–Trinajstić information content (AvgIpc) is 2.95. The number of ether oxygens (including phenoxy) is 1. The van der Waals surface area contributed by atoms with Crippen LogP contribution in [-0.4, -0.2) is 38.8 Å². The molecule has 0 radical (unpaired) electrons. The Morgan fingerprint density at radius 3 is 3.04 bits per heavy atom. The van der Waals surface area contributed by atoms with Crippen LogP contribution in [0.4, 0.5) is 11.5 Å². The fourth-order valence-corrected chi connectivity index (χ4v) is 3.51. The minimum absolute atomic E-state index is 0.122. The van der Waals surface area contributed by atoms with Crippen LogP contribution in [-0.2, 0) is 17.8 Å². The van der Waals surface area contributed by atoms with E-state index in [1.54, 1.807) is 11.8 Å². The van der Waals surface area contributed by atoms with Crippen LogP contribution >= 0.6 is 23.4 Å². The van der Waals surface area contributed by atoms with E-state index in [-0.39, 0.29) is 11.9 Å². The summed E-state index contributed by atoms with van der Waals surface area (Å²) in [6.07, 6.45) is -0.562. The van der Waals surface area contributed by atoms with Gasteiger partial charge in [0.2, 0.25) is 5.28 Å². The number of nitrogens with one attached hydrogen (secondary N) is 1. The molecule has 2 heterocycles. The number of fused-ring (bicyclic) bond motifs is 1. The van der Waals surface area contributed by atoms with E-state index >= 15 is 0 Å².